The zero-order valence-electron chi connectivity index (χ0n) is 5.95. The molecule has 11 heavy (non-hydrogen) atoms. The molecule has 0 radical (unpaired) electrons. The first-order valence-electron chi connectivity index (χ1n) is 3.33. The van der Waals surface area contributed by atoms with Crippen LogP contribution in [0.5, 0.6) is 0 Å². The van der Waals surface area contributed by atoms with Crippen LogP contribution in [0, 0.1) is 0 Å². The van der Waals surface area contributed by atoms with Gasteiger partial charge in [0.2, 0.25) is 5.91 Å². The van der Waals surface area contributed by atoms with Gasteiger partial charge < -0.3 is 9.84 Å². The van der Waals surface area contributed by atoms with Crippen molar-refractivity contribution in [1.82, 2.24) is 4.90 Å². The number of hydrogen-bond acceptors (Lipinski definition) is 4. The maximum absolute atomic E-state index is 10.9. The van der Waals surface area contributed by atoms with Gasteiger partial charge in [-0.3, -0.25) is 4.79 Å². The van der Waals surface area contributed by atoms with Gasteiger partial charge in [-0.2, -0.15) is 0 Å². The molecule has 62 valence electrons. The predicted octanol–water partition coefficient (Wildman–Crippen LogP) is -0.652. The third-order valence-electron chi connectivity index (χ3n) is 1.39. The van der Waals surface area contributed by atoms with E-state index in [0.717, 1.165) is 4.90 Å². The number of cyclic esters (lactones) is 1. The lowest BCUT2D eigenvalue weighted by molar-refractivity contribution is -0.128. The first-order valence-corrected chi connectivity index (χ1v) is 3.33. The molecule has 0 aliphatic carbocycles. The highest BCUT2D eigenvalue weighted by Gasteiger charge is 2.27. The highest BCUT2D eigenvalue weighted by atomic mass is 16.6. The van der Waals surface area contributed by atoms with Crippen molar-refractivity contribution in [1.29, 1.82) is 0 Å². The zero-order valence-corrected chi connectivity index (χ0v) is 5.95. The molecular weight excluding hydrogens is 150 g/mol. The van der Waals surface area contributed by atoms with E-state index in [4.69, 9.17) is 5.11 Å². The number of nitrogens with zero attached hydrogens (tertiary/aromatic N) is 1. The van der Waals surface area contributed by atoms with Crippen LogP contribution in [0.25, 0.3) is 0 Å². The molecule has 1 rings (SSSR count). The summed E-state index contributed by atoms with van der Waals surface area (Å²) in [6.07, 6.45) is -0.627. The van der Waals surface area contributed by atoms with Crippen molar-refractivity contribution in [2.45, 2.75) is 6.42 Å². The van der Waals surface area contributed by atoms with Gasteiger partial charge in [-0.15, -0.1) is 0 Å². The molecule has 0 aromatic carbocycles. The van der Waals surface area contributed by atoms with Gasteiger partial charge in [0.05, 0.1) is 19.6 Å². The van der Waals surface area contributed by atoms with E-state index in [2.05, 4.69) is 4.74 Å². The highest BCUT2D eigenvalue weighted by molar-refractivity contribution is 5.92. The molecule has 0 spiro atoms. The molecule has 0 unspecified atom stereocenters. The van der Waals surface area contributed by atoms with Crippen molar-refractivity contribution in [3.8, 4) is 0 Å². The Morgan fingerprint density at radius 3 is 2.91 bits per heavy atom. The molecule has 1 N–H and O–H groups in total. The molecule has 0 aromatic heterocycles. The van der Waals surface area contributed by atoms with Crippen molar-refractivity contribution in [2.75, 3.05) is 19.8 Å². The topological polar surface area (TPSA) is 66.8 Å². The summed E-state index contributed by atoms with van der Waals surface area (Å²) in [7, 11) is 0. The Morgan fingerprint density at radius 2 is 2.45 bits per heavy atom. The van der Waals surface area contributed by atoms with Crippen LogP contribution in [-0.4, -0.2) is 41.8 Å². The van der Waals surface area contributed by atoms with E-state index in [9.17, 15) is 9.59 Å². The number of rotatable bonds is 2. The van der Waals surface area contributed by atoms with E-state index in [1.165, 1.54) is 0 Å². The fraction of sp³-hybridized carbons (Fsp3) is 0.667. The summed E-state index contributed by atoms with van der Waals surface area (Å²) in [5.41, 5.74) is 0. The number of imide groups is 1. The van der Waals surface area contributed by atoms with Gasteiger partial charge in [-0.1, -0.05) is 0 Å². The van der Waals surface area contributed by atoms with Crippen molar-refractivity contribution in [3.63, 3.8) is 0 Å². The predicted molar refractivity (Wildman–Crippen MR) is 34.8 cm³/mol. The fourth-order valence-electron chi connectivity index (χ4n) is 0.851. The number of amides is 2. The minimum Gasteiger partial charge on any atom is -0.447 e. The van der Waals surface area contributed by atoms with E-state index in [0.29, 0.717) is 6.54 Å². The molecule has 1 aliphatic heterocycles. The van der Waals surface area contributed by atoms with Crippen LogP contribution in [0.3, 0.4) is 0 Å². The lowest BCUT2D eigenvalue weighted by Crippen LogP contribution is -2.31. The number of carbonyl (C=O) groups excluding carboxylic acids is 2. The maximum Gasteiger partial charge on any atom is 0.416 e. The summed E-state index contributed by atoms with van der Waals surface area (Å²) in [5.74, 6) is -0.380. The zero-order chi connectivity index (χ0) is 8.27. The van der Waals surface area contributed by atoms with Crippen molar-refractivity contribution >= 4 is 12.0 Å². The van der Waals surface area contributed by atoms with Gasteiger partial charge in [0.15, 0.2) is 0 Å². The van der Waals surface area contributed by atoms with E-state index in [-0.39, 0.29) is 25.5 Å². The Kier molecular flexibility index (Phi) is 2.43. The number of carbonyl (C=O) groups is 2. The second kappa shape index (κ2) is 3.34. The summed E-state index contributed by atoms with van der Waals surface area (Å²) in [5, 5.41) is 8.38. The van der Waals surface area contributed by atoms with E-state index in [1.807, 2.05) is 0 Å². The van der Waals surface area contributed by atoms with E-state index >= 15 is 0 Å². The number of ether oxygens (including phenoxy) is 1. The van der Waals surface area contributed by atoms with Gasteiger partial charge >= 0.3 is 6.09 Å². The van der Waals surface area contributed by atoms with Crippen LogP contribution in [0.1, 0.15) is 6.42 Å². The molecule has 1 saturated heterocycles. The normalized spacial score (nSPS) is 16.8. The molecule has 5 heteroatoms. The molecule has 5 nitrogen and oxygen atoms in total. The lowest BCUT2D eigenvalue weighted by atomic mass is 10.4. The third-order valence-corrected chi connectivity index (χ3v) is 1.39. The molecule has 0 saturated carbocycles. The lowest BCUT2D eigenvalue weighted by Gasteiger charge is -2.08. The summed E-state index contributed by atoms with van der Waals surface area (Å²) >= 11 is 0. The number of aliphatic hydroxyl groups is 1. The average molecular weight is 159 g/mol. The van der Waals surface area contributed by atoms with Gasteiger partial charge in [-0.25, -0.2) is 9.69 Å². The Labute approximate surface area is 63.5 Å². The van der Waals surface area contributed by atoms with Gasteiger partial charge in [0.1, 0.15) is 6.61 Å². The number of hydrogen-bond donors (Lipinski definition) is 1. The third kappa shape index (κ3) is 1.68. The van der Waals surface area contributed by atoms with Gasteiger partial charge in [0.25, 0.3) is 0 Å². The van der Waals surface area contributed by atoms with Crippen molar-refractivity contribution in [2.24, 2.45) is 0 Å². The smallest absolute Gasteiger partial charge is 0.416 e. The molecular formula is C6H9NO4. The summed E-state index contributed by atoms with van der Waals surface area (Å²) in [6.45, 7) is 0.330. The van der Waals surface area contributed by atoms with Crippen molar-refractivity contribution < 1.29 is 19.4 Å². The van der Waals surface area contributed by atoms with Crippen LogP contribution in [0.15, 0.2) is 0 Å². The largest absolute Gasteiger partial charge is 0.447 e. The quantitative estimate of drug-likeness (QED) is 0.581. The Morgan fingerprint density at radius 1 is 1.73 bits per heavy atom. The molecule has 1 heterocycles. The Bertz CT molecular complexity index is 179. The number of aliphatic hydroxyl groups excluding tert-OH is 1. The van der Waals surface area contributed by atoms with Gasteiger partial charge in [-0.05, 0) is 0 Å². The van der Waals surface area contributed by atoms with Gasteiger partial charge in [0, 0.05) is 0 Å². The SMILES string of the molecule is O=C(CCO)N1CCOC1=O. The Balaban J connectivity index is 2.46. The molecule has 2 amide bonds. The van der Waals surface area contributed by atoms with Crippen LogP contribution >= 0.6 is 0 Å². The minimum absolute atomic E-state index is 0.0188. The molecule has 0 aromatic rings. The first kappa shape index (κ1) is 8.00. The second-order valence-electron chi connectivity index (χ2n) is 2.13. The van der Waals surface area contributed by atoms with E-state index < -0.39 is 6.09 Å². The molecule has 1 fully saturated rings. The fourth-order valence-corrected chi connectivity index (χ4v) is 0.851. The molecule has 1 aliphatic rings. The highest BCUT2D eigenvalue weighted by Crippen LogP contribution is 2.04. The maximum atomic E-state index is 10.9. The van der Waals surface area contributed by atoms with E-state index in [1.54, 1.807) is 0 Å². The summed E-state index contributed by atoms with van der Waals surface area (Å²) < 4.78 is 4.52. The minimum atomic E-state index is -0.608. The first-order chi connectivity index (χ1) is 5.25. The Hall–Kier alpha value is -1.10. The summed E-state index contributed by atoms with van der Waals surface area (Å²) in [6, 6.07) is 0. The van der Waals surface area contributed by atoms with Crippen LogP contribution in [-0.2, 0) is 9.53 Å². The van der Waals surface area contributed by atoms with Crippen LogP contribution in [0.4, 0.5) is 4.79 Å². The van der Waals surface area contributed by atoms with Crippen LogP contribution in [0.2, 0.25) is 0 Å². The molecule has 0 bridgehead atoms. The van der Waals surface area contributed by atoms with Crippen LogP contribution < -0.4 is 0 Å². The summed E-state index contributed by atoms with van der Waals surface area (Å²) in [4.78, 5) is 22.6. The second-order valence-corrected chi connectivity index (χ2v) is 2.13. The average Bonchev–Trinajstić information content (AvgIpc) is 2.36. The van der Waals surface area contributed by atoms with Crippen molar-refractivity contribution in [3.05, 3.63) is 0 Å². The molecule has 0 atom stereocenters. The monoisotopic (exact) mass is 159 g/mol. The standard InChI is InChI=1S/C6H9NO4/c8-3-1-5(9)7-2-4-11-6(7)10/h8H,1-4H2.